The number of hydrogen-bond donors (Lipinski definition) is 1. The first-order chi connectivity index (χ1) is 10.2. The molecule has 0 fully saturated rings. The molecule has 0 radical (unpaired) electrons. The number of hydrogen-bond acceptors (Lipinski definition) is 3. The Hall–Kier alpha value is -2.36. The summed E-state index contributed by atoms with van der Waals surface area (Å²) in [5.41, 5.74) is 4.40. The number of benzene rings is 1. The summed E-state index contributed by atoms with van der Waals surface area (Å²) in [6.07, 6.45) is 4.08. The van der Waals surface area contributed by atoms with Crippen LogP contribution in [0, 0.1) is 6.92 Å². The molecule has 4 nitrogen and oxygen atoms in total. The lowest BCUT2D eigenvalue weighted by Crippen LogP contribution is -2.03. The Morgan fingerprint density at radius 1 is 1.19 bits per heavy atom. The van der Waals surface area contributed by atoms with Gasteiger partial charge in [0.25, 0.3) is 0 Å². The maximum absolute atomic E-state index is 4.48. The molecule has 0 unspecified atom stereocenters. The number of aromatic nitrogens is 3. The van der Waals surface area contributed by atoms with Gasteiger partial charge in [0.15, 0.2) is 5.65 Å². The summed E-state index contributed by atoms with van der Waals surface area (Å²) in [5.74, 6) is 0. The smallest absolute Gasteiger partial charge is 0.157 e. The van der Waals surface area contributed by atoms with Crippen molar-refractivity contribution in [2.24, 2.45) is 7.05 Å². The maximum Gasteiger partial charge on any atom is 0.157 e. The summed E-state index contributed by atoms with van der Waals surface area (Å²) in [5, 5.41) is 8.95. The Bertz CT molecular complexity index is 731. The number of rotatable bonds is 5. The van der Waals surface area contributed by atoms with Crippen LogP contribution in [0.15, 0.2) is 42.6 Å². The predicted molar refractivity (Wildman–Crippen MR) is 86.5 cm³/mol. The van der Waals surface area contributed by atoms with E-state index in [1.807, 2.05) is 24.9 Å². The van der Waals surface area contributed by atoms with Crippen molar-refractivity contribution in [1.29, 1.82) is 0 Å². The van der Waals surface area contributed by atoms with Crippen molar-refractivity contribution in [3.63, 3.8) is 0 Å². The van der Waals surface area contributed by atoms with Gasteiger partial charge in [0.05, 0.1) is 17.6 Å². The molecule has 0 saturated carbocycles. The van der Waals surface area contributed by atoms with Gasteiger partial charge < -0.3 is 5.32 Å². The van der Waals surface area contributed by atoms with Gasteiger partial charge in [0.1, 0.15) is 0 Å². The molecule has 0 aliphatic heterocycles. The third kappa shape index (κ3) is 3.05. The topological polar surface area (TPSA) is 42.7 Å². The SMILES string of the molecule is Cc1nn(C)c2ncc(NCCCc3ccccc3)cc12. The van der Waals surface area contributed by atoms with Crippen LogP contribution < -0.4 is 5.32 Å². The molecule has 0 amide bonds. The van der Waals surface area contributed by atoms with E-state index in [0.717, 1.165) is 41.8 Å². The van der Waals surface area contributed by atoms with Gasteiger partial charge in [-0.25, -0.2) is 4.98 Å². The van der Waals surface area contributed by atoms with Crippen LogP contribution >= 0.6 is 0 Å². The van der Waals surface area contributed by atoms with Gasteiger partial charge in [0.2, 0.25) is 0 Å². The van der Waals surface area contributed by atoms with E-state index in [1.165, 1.54) is 5.56 Å². The van der Waals surface area contributed by atoms with Crippen molar-refractivity contribution < 1.29 is 0 Å². The zero-order chi connectivity index (χ0) is 14.7. The summed E-state index contributed by atoms with van der Waals surface area (Å²) >= 11 is 0. The summed E-state index contributed by atoms with van der Waals surface area (Å²) in [4.78, 5) is 4.48. The number of anilines is 1. The molecule has 2 aromatic heterocycles. The first-order valence-corrected chi connectivity index (χ1v) is 7.31. The fourth-order valence-corrected chi connectivity index (χ4v) is 2.57. The Labute approximate surface area is 124 Å². The minimum Gasteiger partial charge on any atom is -0.384 e. The Morgan fingerprint density at radius 3 is 2.81 bits per heavy atom. The van der Waals surface area contributed by atoms with Crippen LogP contribution in [0.2, 0.25) is 0 Å². The highest BCUT2D eigenvalue weighted by atomic mass is 15.3. The van der Waals surface area contributed by atoms with E-state index in [4.69, 9.17) is 0 Å². The van der Waals surface area contributed by atoms with Gasteiger partial charge in [-0.3, -0.25) is 4.68 Å². The van der Waals surface area contributed by atoms with Gasteiger partial charge in [-0.2, -0.15) is 5.10 Å². The number of fused-ring (bicyclic) bond motifs is 1. The Balaban J connectivity index is 1.59. The lowest BCUT2D eigenvalue weighted by atomic mass is 10.1. The average molecular weight is 280 g/mol. The van der Waals surface area contributed by atoms with Gasteiger partial charge in [0, 0.05) is 19.0 Å². The molecule has 21 heavy (non-hydrogen) atoms. The van der Waals surface area contributed by atoms with E-state index in [2.05, 4.69) is 51.8 Å². The average Bonchev–Trinajstić information content (AvgIpc) is 2.79. The van der Waals surface area contributed by atoms with Crippen LogP contribution in [0.3, 0.4) is 0 Å². The fraction of sp³-hybridized carbons (Fsp3) is 0.294. The van der Waals surface area contributed by atoms with E-state index in [1.54, 1.807) is 0 Å². The second kappa shape index (κ2) is 5.95. The van der Waals surface area contributed by atoms with Gasteiger partial charge >= 0.3 is 0 Å². The molecule has 2 heterocycles. The standard InChI is InChI=1S/C17H20N4/c1-13-16-11-15(12-19-17(16)21(2)20-13)18-10-6-9-14-7-4-3-5-8-14/h3-5,7-8,11-12,18H,6,9-10H2,1-2H3. The summed E-state index contributed by atoms with van der Waals surface area (Å²) in [7, 11) is 1.93. The molecule has 3 aromatic rings. The second-order valence-electron chi connectivity index (χ2n) is 5.32. The molecule has 108 valence electrons. The molecule has 0 bridgehead atoms. The summed E-state index contributed by atoms with van der Waals surface area (Å²) in [6, 6.07) is 12.7. The van der Waals surface area contributed by atoms with E-state index in [0.29, 0.717) is 0 Å². The zero-order valence-electron chi connectivity index (χ0n) is 12.5. The number of nitrogens with one attached hydrogen (secondary N) is 1. The first-order valence-electron chi connectivity index (χ1n) is 7.31. The number of pyridine rings is 1. The van der Waals surface area contributed by atoms with Gasteiger partial charge in [-0.15, -0.1) is 0 Å². The third-order valence-electron chi connectivity index (χ3n) is 3.68. The lowest BCUT2D eigenvalue weighted by molar-refractivity contribution is 0.774. The molecule has 4 heteroatoms. The first kappa shape index (κ1) is 13.6. The van der Waals surface area contributed by atoms with Crippen molar-refractivity contribution >= 4 is 16.7 Å². The van der Waals surface area contributed by atoms with Crippen LogP contribution in [0.1, 0.15) is 17.7 Å². The monoisotopic (exact) mass is 280 g/mol. The normalized spacial score (nSPS) is 11.0. The zero-order valence-corrected chi connectivity index (χ0v) is 12.5. The number of nitrogens with zero attached hydrogens (tertiary/aromatic N) is 3. The second-order valence-corrected chi connectivity index (χ2v) is 5.32. The maximum atomic E-state index is 4.48. The molecule has 1 N–H and O–H groups in total. The van der Waals surface area contributed by atoms with Crippen molar-refractivity contribution in [2.45, 2.75) is 19.8 Å². The van der Waals surface area contributed by atoms with Crippen molar-refractivity contribution in [2.75, 3.05) is 11.9 Å². The van der Waals surface area contributed by atoms with Crippen LogP contribution in [-0.4, -0.2) is 21.3 Å². The van der Waals surface area contributed by atoms with E-state index in [9.17, 15) is 0 Å². The molecular formula is C17H20N4. The Kier molecular flexibility index (Phi) is 3.86. The predicted octanol–water partition coefficient (Wildman–Crippen LogP) is 3.32. The molecule has 0 aliphatic rings. The Morgan fingerprint density at radius 2 is 2.00 bits per heavy atom. The molecule has 0 aliphatic carbocycles. The lowest BCUT2D eigenvalue weighted by Gasteiger charge is -2.06. The molecule has 0 atom stereocenters. The largest absolute Gasteiger partial charge is 0.384 e. The van der Waals surface area contributed by atoms with Crippen LogP contribution in [0.25, 0.3) is 11.0 Å². The highest BCUT2D eigenvalue weighted by Crippen LogP contribution is 2.19. The molecule has 0 spiro atoms. The molecule has 3 rings (SSSR count). The molecule has 0 saturated heterocycles. The quantitative estimate of drug-likeness (QED) is 0.729. The highest BCUT2D eigenvalue weighted by Gasteiger charge is 2.06. The third-order valence-corrected chi connectivity index (χ3v) is 3.68. The van der Waals surface area contributed by atoms with Crippen LogP contribution in [-0.2, 0) is 13.5 Å². The van der Waals surface area contributed by atoms with Crippen LogP contribution in [0.5, 0.6) is 0 Å². The van der Waals surface area contributed by atoms with Crippen molar-refractivity contribution in [3.05, 3.63) is 53.9 Å². The highest BCUT2D eigenvalue weighted by molar-refractivity contribution is 5.81. The van der Waals surface area contributed by atoms with Crippen LogP contribution in [0.4, 0.5) is 5.69 Å². The van der Waals surface area contributed by atoms with Gasteiger partial charge in [-0.1, -0.05) is 30.3 Å². The van der Waals surface area contributed by atoms with E-state index in [-0.39, 0.29) is 0 Å². The fourth-order valence-electron chi connectivity index (χ4n) is 2.57. The minimum atomic E-state index is 0.933. The summed E-state index contributed by atoms with van der Waals surface area (Å²) < 4.78 is 1.82. The molecular weight excluding hydrogens is 260 g/mol. The number of aryl methyl sites for hydroxylation is 3. The van der Waals surface area contributed by atoms with Gasteiger partial charge in [-0.05, 0) is 31.4 Å². The molecule has 1 aromatic carbocycles. The minimum absolute atomic E-state index is 0.933. The van der Waals surface area contributed by atoms with E-state index >= 15 is 0 Å². The van der Waals surface area contributed by atoms with Crippen molar-refractivity contribution in [1.82, 2.24) is 14.8 Å². The summed E-state index contributed by atoms with van der Waals surface area (Å²) in [6.45, 7) is 2.96. The van der Waals surface area contributed by atoms with Crippen molar-refractivity contribution in [3.8, 4) is 0 Å². The van der Waals surface area contributed by atoms with E-state index < -0.39 is 0 Å².